The summed E-state index contributed by atoms with van der Waals surface area (Å²) in [6, 6.07) is 18.4. The second kappa shape index (κ2) is 9.30. The molecule has 2 N–H and O–H groups in total. The number of aryl methyl sites for hydroxylation is 1. The zero-order chi connectivity index (χ0) is 21.7. The first kappa shape index (κ1) is 21.8. The summed E-state index contributed by atoms with van der Waals surface area (Å²) in [5.74, 6) is 0.159. The number of aromatic carboxylic acids is 1. The second-order valence-corrected chi connectivity index (χ2v) is 8.83. The predicted molar refractivity (Wildman–Crippen MR) is 115 cm³/mol. The van der Waals surface area contributed by atoms with Gasteiger partial charge in [0, 0.05) is 11.6 Å². The van der Waals surface area contributed by atoms with Crippen molar-refractivity contribution in [3.8, 4) is 11.5 Å². The number of carbonyl (C=O) groups is 1. The summed E-state index contributed by atoms with van der Waals surface area (Å²) in [6.45, 7) is 1.80. The van der Waals surface area contributed by atoms with Crippen LogP contribution in [0.5, 0.6) is 11.5 Å². The molecule has 156 valence electrons. The average Bonchev–Trinajstić information content (AvgIpc) is 2.71. The average molecular weight is 446 g/mol. The van der Waals surface area contributed by atoms with Crippen LogP contribution in [0.3, 0.4) is 0 Å². The highest BCUT2D eigenvalue weighted by Crippen LogP contribution is 2.23. The number of hydrogen-bond donors (Lipinski definition) is 2. The Bertz CT molecular complexity index is 1140. The Morgan fingerprint density at radius 3 is 2.20 bits per heavy atom. The summed E-state index contributed by atoms with van der Waals surface area (Å²) in [7, 11) is -3.80. The fourth-order valence-electron chi connectivity index (χ4n) is 2.77. The molecule has 0 spiro atoms. The van der Waals surface area contributed by atoms with E-state index in [-0.39, 0.29) is 17.0 Å². The minimum Gasteiger partial charge on any atom is -0.478 e. The number of carboxylic acids is 1. The Hall–Kier alpha value is -2.87. The molecule has 0 saturated carbocycles. The highest BCUT2D eigenvalue weighted by atomic mass is 35.5. The Balaban J connectivity index is 1.58. The topological polar surface area (TPSA) is 92.7 Å². The Kier molecular flexibility index (Phi) is 6.77. The summed E-state index contributed by atoms with van der Waals surface area (Å²) >= 11 is 5.85. The number of hydrogen-bond acceptors (Lipinski definition) is 4. The SMILES string of the molecule is Cc1ccc(S(=O)(=O)NCCc2ccc(Oc3ccc(Cl)cc3)cc2)cc1C(=O)O. The molecule has 0 aromatic heterocycles. The van der Waals surface area contributed by atoms with Crippen LogP contribution in [0, 0.1) is 6.92 Å². The largest absolute Gasteiger partial charge is 0.478 e. The van der Waals surface area contributed by atoms with Crippen molar-refractivity contribution in [2.45, 2.75) is 18.2 Å². The van der Waals surface area contributed by atoms with Crippen LogP contribution < -0.4 is 9.46 Å². The fourth-order valence-corrected chi connectivity index (χ4v) is 3.96. The molecular weight excluding hydrogens is 426 g/mol. The lowest BCUT2D eigenvalue weighted by atomic mass is 10.1. The van der Waals surface area contributed by atoms with E-state index in [1.807, 2.05) is 12.1 Å². The van der Waals surface area contributed by atoms with E-state index in [2.05, 4.69) is 4.72 Å². The maximum atomic E-state index is 12.5. The van der Waals surface area contributed by atoms with Gasteiger partial charge in [-0.3, -0.25) is 0 Å². The maximum Gasteiger partial charge on any atom is 0.335 e. The van der Waals surface area contributed by atoms with Crippen LogP contribution in [0.2, 0.25) is 5.02 Å². The lowest BCUT2D eigenvalue weighted by Gasteiger charge is -2.10. The van der Waals surface area contributed by atoms with Crippen LogP contribution in [0.4, 0.5) is 0 Å². The lowest BCUT2D eigenvalue weighted by Crippen LogP contribution is -2.26. The van der Waals surface area contributed by atoms with Crippen molar-refractivity contribution in [1.82, 2.24) is 4.72 Å². The van der Waals surface area contributed by atoms with Gasteiger partial charge in [-0.15, -0.1) is 0 Å². The molecule has 0 fully saturated rings. The van der Waals surface area contributed by atoms with E-state index in [9.17, 15) is 18.3 Å². The van der Waals surface area contributed by atoms with Crippen molar-refractivity contribution in [1.29, 1.82) is 0 Å². The standard InChI is InChI=1S/C22H20ClNO5S/c1-15-2-11-20(14-21(15)22(25)26)30(27,28)24-13-12-16-3-7-18(8-4-16)29-19-9-5-17(23)6-10-19/h2-11,14,24H,12-13H2,1H3,(H,25,26). The van der Waals surface area contributed by atoms with Gasteiger partial charge in [0.1, 0.15) is 11.5 Å². The van der Waals surface area contributed by atoms with Crippen molar-refractivity contribution in [2.24, 2.45) is 0 Å². The summed E-state index contributed by atoms with van der Waals surface area (Å²) < 4.78 is 33.1. The monoisotopic (exact) mass is 445 g/mol. The van der Waals surface area contributed by atoms with E-state index in [4.69, 9.17) is 16.3 Å². The first-order valence-electron chi connectivity index (χ1n) is 9.10. The van der Waals surface area contributed by atoms with E-state index in [0.717, 1.165) is 5.56 Å². The Morgan fingerprint density at radius 2 is 1.60 bits per heavy atom. The molecule has 0 heterocycles. The van der Waals surface area contributed by atoms with E-state index in [0.29, 0.717) is 28.5 Å². The summed E-state index contributed by atoms with van der Waals surface area (Å²) in [5.41, 5.74) is 1.40. The zero-order valence-corrected chi connectivity index (χ0v) is 17.7. The summed E-state index contributed by atoms with van der Waals surface area (Å²) in [4.78, 5) is 11.2. The molecule has 0 radical (unpaired) electrons. The van der Waals surface area contributed by atoms with E-state index in [1.54, 1.807) is 43.3 Å². The molecule has 0 amide bonds. The van der Waals surface area contributed by atoms with Gasteiger partial charge in [-0.1, -0.05) is 29.8 Å². The number of nitrogens with one attached hydrogen (secondary N) is 1. The van der Waals surface area contributed by atoms with Gasteiger partial charge in [0.25, 0.3) is 0 Å². The highest BCUT2D eigenvalue weighted by molar-refractivity contribution is 7.89. The summed E-state index contributed by atoms with van der Waals surface area (Å²) in [5, 5.41) is 9.81. The van der Waals surface area contributed by atoms with Crippen molar-refractivity contribution in [3.05, 3.63) is 88.4 Å². The first-order valence-corrected chi connectivity index (χ1v) is 11.0. The van der Waals surface area contributed by atoms with Crippen LogP contribution in [-0.4, -0.2) is 26.0 Å². The molecule has 0 saturated heterocycles. The fraction of sp³-hybridized carbons (Fsp3) is 0.136. The third kappa shape index (κ3) is 5.60. The van der Waals surface area contributed by atoms with Gasteiger partial charge in [0.15, 0.2) is 0 Å². The molecule has 30 heavy (non-hydrogen) atoms. The minimum absolute atomic E-state index is 0.0332. The van der Waals surface area contributed by atoms with Gasteiger partial charge in [0.2, 0.25) is 10.0 Å². The Morgan fingerprint density at radius 1 is 1.00 bits per heavy atom. The summed E-state index contributed by atoms with van der Waals surface area (Å²) in [6.07, 6.45) is 0.470. The van der Waals surface area contributed by atoms with Crippen LogP contribution in [0.15, 0.2) is 71.6 Å². The molecule has 3 rings (SSSR count). The predicted octanol–water partition coefficient (Wildman–Crippen LogP) is 4.66. The third-order valence-corrected chi connectivity index (χ3v) is 6.14. The van der Waals surface area contributed by atoms with Crippen LogP contribution in [-0.2, 0) is 16.4 Å². The normalized spacial score (nSPS) is 11.3. The molecule has 0 bridgehead atoms. The second-order valence-electron chi connectivity index (χ2n) is 6.63. The van der Waals surface area contributed by atoms with Gasteiger partial charge in [-0.25, -0.2) is 17.9 Å². The number of rotatable bonds is 8. The number of halogens is 1. The highest BCUT2D eigenvalue weighted by Gasteiger charge is 2.17. The first-order chi connectivity index (χ1) is 14.2. The van der Waals surface area contributed by atoms with Gasteiger partial charge in [-0.05, 0) is 73.0 Å². The molecule has 0 atom stereocenters. The number of benzene rings is 3. The van der Waals surface area contributed by atoms with Crippen LogP contribution in [0.25, 0.3) is 0 Å². The lowest BCUT2D eigenvalue weighted by molar-refractivity contribution is 0.0696. The molecule has 0 aliphatic heterocycles. The number of carboxylic acid groups (broad SMARTS) is 1. The molecule has 8 heteroatoms. The molecule has 6 nitrogen and oxygen atoms in total. The van der Waals surface area contributed by atoms with Gasteiger partial charge < -0.3 is 9.84 Å². The van der Waals surface area contributed by atoms with Crippen molar-refractivity contribution in [3.63, 3.8) is 0 Å². The van der Waals surface area contributed by atoms with E-state index < -0.39 is 16.0 Å². The van der Waals surface area contributed by atoms with E-state index in [1.165, 1.54) is 18.2 Å². The third-order valence-electron chi connectivity index (χ3n) is 4.43. The molecule has 0 aliphatic rings. The van der Waals surface area contributed by atoms with Crippen molar-refractivity contribution >= 4 is 27.6 Å². The minimum atomic E-state index is -3.80. The van der Waals surface area contributed by atoms with Crippen molar-refractivity contribution in [2.75, 3.05) is 6.54 Å². The van der Waals surface area contributed by atoms with Gasteiger partial charge in [0.05, 0.1) is 10.5 Å². The zero-order valence-electron chi connectivity index (χ0n) is 16.1. The number of ether oxygens (including phenoxy) is 1. The van der Waals surface area contributed by atoms with Gasteiger partial charge >= 0.3 is 5.97 Å². The molecule has 0 aliphatic carbocycles. The van der Waals surface area contributed by atoms with Crippen molar-refractivity contribution < 1.29 is 23.1 Å². The number of sulfonamides is 1. The van der Waals surface area contributed by atoms with Crippen LogP contribution in [0.1, 0.15) is 21.5 Å². The smallest absolute Gasteiger partial charge is 0.335 e. The van der Waals surface area contributed by atoms with Crippen LogP contribution >= 0.6 is 11.6 Å². The Labute approximate surface area is 180 Å². The van der Waals surface area contributed by atoms with Gasteiger partial charge in [-0.2, -0.15) is 0 Å². The molecular formula is C22H20ClNO5S. The molecule has 3 aromatic carbocycles. The maximum absolute atomic E-state index is 12.5. The quantitative estimate of drug-likeness (QED) is 0.526. The molecule has 3 aromatic rings. The van der Waals surface area contributed by atoms with E-state index >= 15 is 0 Å². The molecule has 0 unspecified atom stereocenters.